The molecule has 7 aromatic heterocycles. The van der Waals surface area contributed by atoms with Crippen LogP contribution in [0.1, 0.15) is 98.8 Å². The predicted molar refractivity (Wildman–Crippen MR) is 261 cm³/mol. The van der Waals surface area contributed by atoms with Crippen molar-refractivity contribution >= 4 is 35.2 Å². The van der Waals surface area contributed by atoms with Gasteiger partial charge in [-0.2, -0.15) is 0 Å². The molecule has 0 fully saturated rings. The van der Waals surface area contributed by atoms with Crippen molar-refractivity contribution in [3.63, 3.8) is 0 Å². The number of carbonyl (C=O) groups is 3. The number of hydrogen-bond donors (Lipinski definition) is 3. The Labute approximate surface area is 401 Å². The number of hydrogen-bond acceptors (Lipinski definition) is 14. The van der Waals surface area contributed by atoms with Crippen molar-refractivity contribution < 1.29 is 18.8 Å². The molecular formula is C50H53N13O7. The molecule has 10 heterocycles. The molecule has 3 aliphatic rings. The molecule has 20 nitrogen and oxygen atoms in total. The summed E-state index contributed by atoms with van der Waals surface area (Å²) in [5.41, 5.74) is 3.00. The third-order valence-corrected chi connectivity index (χ3v) is 11.9. The maximum atomic E-state index is 12.6. The summed E-state index contributed by atoms with van der Waals surface area (Å²) in [4.78, 5) is 118. The van der Waals surface area contributed by atoms with Crippen molar-refractivity contribution in [2.24, 2.45) is 0 Å². The fraction of sp³-hybridized carbons (Fsp3) is 0.340. The van der Waals surface area contributed by atoms with Crippen molar-refractivity contribution in [1.82, 2.24) is 49.8 Å². The van der Waals surface area contributed by atoms with Gasteiger partial charge < -0.3 is 19.4 Å². The first kappa shape index (κ1) is 48.2. The number of aromatic nitrogens is 10. The fourth-order valence-electron chi connectivity index (χ4n) is 8.30. The molecule has 3 aliphatic heterocycles. The molecule has 3 amide bonds. The van der Waals surface area contributed by atoms with Gasteiger partial charge in [-0.15, -0.1) is 0 Å². The van der Waals surface area contributed by atoms with Crippen LogP contribution in [0.2, 0.25) is 0 Å². The molecule has 7 aromatic rings. The van der Waals surface area contributed by atoms with Crippen LogP contribution in [0.3, 0.4) is 0 Å². The molecule has 20 heteroatoms. The largest absolute Gasteiger partial charge is 0.451 e. The smallest absolute Gasteiger partial charge is 0.281 e. The first-order chi connectivity index (χ1) is 34.1. The number of aromatic amines is 3. The lowest BCUT2D eigenvalue weighted by molar-refractivity contribution is -0.119. The molecule has 10 rings (SSSR count). The highest BCUT2D eigenvalue weighted by molar-refractivity contribution is 6.04. The zero-order valence-electron chi connectivity index (χ0n) is 39.0. The van der Waals surface area contributed by atoms with E-state index in [9.17, 15) is 28.8 Å². The lowest BCUT2D eigenvalue weighted by Crippen LogP contribution is -2.39. The second-order valence-electron chi connectivity index (χ2n) is 16.7. The van der Waals surface area contributed by atoms with Crippen molar-refractivity contribution in [2.45, 2.75) is 90.9 Å². The Kier molecular flexibility index (Phi) is 15.6. The number of nitrogens with one attached hydrogen (secondary N) is 3. The summed E-state index contributed by atoms with van der Waals surface area (Å²) < 4.78 is 4.87. The number of nitrogens with zero attached hydrogens (tertiary/aromatic N) is 10. The van der Waals surface area contributed by atoms with Crippen LogP contribution >= 0.6 is 0 Å². The van der Waals surface area contributed by atoms with E-state index in [1.807, 2.05) is 12.1 Å². The summed E-state index contributed by atoms with van der Waals surface area (Å²) >= 11 is 0. The minimum Gasteiger partial charge on any atom is -0.451 e. The van der Waals surface area contributed by atoms with Gasteiger partial charge in [0.15, 0.2) is 29.6 Å². The van der Waals surface area contributed by atoms with Crippen LogP contribution in [-0.2, 0) is 28.9 Å². The topological polar surface area (TPSA) is 263 Å². The van der Waals surface area contributed by atoms with Crippen LogP contribution in [-0.4, -0.2) is 87.2 Å². The van der Waals surface area contributed by atoms with Gasteiger partial charge in [-0.25, -0.2) is 19.9 Å². The predicted octanol–water partition coefficient (Wildman–Crippen LogP) is 6.02. The standard InChI is InChI=1S/2C17H20N4O2.C16H13N5O3/c2*1-2-3-9-14(22)21-11-6-7-12-16(21)19-15(20-17(12)23)13-8-4-5-10-18-13;22-15-10-4-3-7-21(16(23)12-8-24-9-18-12)14(10)19-13(20-15)11-5-1-2-6-17-11/h2*4-5,8,10H,2-3,6-7,9,11H2,1H3,(H,19,20,23);1-2,5-6,8-9H,3-4,7H2,(H,19,20,22). The minimum absolute atomic E-state index is 0.0397. The molecule has 0 unspecified atom stereocenters. The SMILES string of the molecule is CCCCC(=O)N1CCCc2c1nc(-c1ccccn1)[nH]c2=O.CCCCC(=O)N1CCCc2c1nc(-c1ccccn1)[nH]c2=O.O=C(c1cocn1)N1CCCc2c1nc(-c1ccccn1)[nH]c2=O. The van der Waals surface area contributed by atoms with Gasteiger partial charge in [0, 0.05) is 51.1 Å². The van der Waals surface area contributed by atoms with Gasteiger partial charge in [0.2, 0.25) is 11.8 Å². The van der Waals surface area contributed by atoms with Gasteiger partial charge in [0.05, 0.1) is 16.7 Å². The molecule has 0 atom stereocenters. The molecule has 3 N–H and O–H groups in total. The number of anilines is 3. The second kappa shape index (κ2) is 22.7. The monoisotopic (exact) mass is 947 g/mol. The normalized spacial score (nSPS) is 13.7. The Morgan fingerprint density at radius 1 is 0.543 bits per heavy atom. The fourth-order valence-corrected chi connectivity index (χ4v) is 8.30. The summed E-state index contributed by atoms with van der Waals surface area (Å²) in [6.45, 7) is 5.82. The van der Waals surface area contributed by atoms with Crippen LogP contribution < -0.4 is 31.4 Å². The number of rotatable bonds is 10. The third kappa shape index (κ3) is 11.0. The van der Waals surface area contributed by atoms with E-state index in [1.165, 1.54) is 17.6 Å². The number of amides is 3. The zero-order chi connectivity index (χ0) is 49.0. The van der Waals surface area contributed by atoms with Crippen LogP contribution in [0.25, 0.3) is 34.6 Å². The van der Waals surface area contributed by atoms with E-state index in [1.54, 1.807) is 70.9 Å². The van der Waals surface area contributed by atoms with Gasteiger partial charge >= 0.3 is 0 Å². The Balaban J connectivity index is 0.000000141. The average Bonchev–Trinajstić information content (AvgIpc) is 3.96. The van der Waals surface area contributed by atoms with Crippen LogP contribution in [0.4, 0.5) is 17.5 Å². The zero-order valence-corrected chi connectivity index (χ0v) is 39.0. The van der Waals surface area contributed by atoms with E-state index in [-0.39, 0.29) is 40.1 Å². The number of carbonyl (C=O) groups excluding carboxylic acids is 3. The van der Waals surface area contributed by atoms with E-state index in [2.05, 4.69) is 63.7 Å². The van der Waals surface area contributed by atoms with E-state index in [4.69, 9.17) is 4.42 Å². The third-order valence-electron chi connectivity index (χ3n) is 11.9. The summed E-state index contributed by atoms with van der Waals surface area (Å²) in [6, 6.07) is 16.2. The van der Waals surface area contributed by atoms with Crippen LogP contribution in [0, 0.1) is 0 Å². The van der Waals surface area contributed by atoms with Gasteiger partial charge in [0.25, 0.3) is 22.6 Å². The molecule has 70 heavy (non-hydrogen) atoms. The summed E-state index contributed by atoms with van der Waals surface area (Å²) in [7, 11) is 0. The highest BCUT2D eigenvalue weighted by Crippen LogP contribution is 2.28. The molecule has 0 spiro atoms. The van der Waals surface area contributed by atoms with Crippen molar-refractivity contribution in [2.75, 3.05) is 34.3 Å². The molecule has 360 valence electrons. The lowest BCUT2D eigenvalue weighted by Gasteiger charge is -2.28. The maximum Gasteiger partial charge on any atom is 0.281 e. The van der Waals surface area contributed by atoms with Gasteiger partial charge in [-0.3, -0.25) is 58.4 Å². The first-order valence-electron chi connectivity index (χ1n) is 23.6. The molecule has 0 aliphatic carbocycles. The minimum atomic E-state index is -0.338. The molecule has 0 saturated heterocycles. The van der Waals surface area contributed by atoms with E-state index >= 15 is 0 Å². The average molecular weight is 948 g/mol. The van der Waals surface area contributed by atoms with E-state index in [0.717, 1.165) is 38.5 Å². The van der Waals surface area contributed by atoms with E-state index in [0.29, 0.717) is 127 Å². The molecule has 0 saturated carbocycles. The highest BCUT2D eigenvalue weighted by atomic mass is 16.3. The van der Waals surface area contributed by atoms with Gasteiger partial charge in [-0.05, 0) is 87.8 Å². The Morgan fingerprint density at radius 2 is 0.929 bits per heavy atom. The number of H-pyrrole nitrogens is 3. The quantitative estimate of drug-likeness (QED) is 0.142. The first-order valence-corrected chi connectivity index (χ1v) is 23.6. The highest BCUT2D eigenvalue weighted by Gasteiger charge is 2.30. The summed E-state index contributed by atoms with van der Waals surface area (Å²) in [5, 5.41) is 0. The number of pyridine rings is 3. The van der Waals surface area contributed by atoms with E-state index < -0.39 is 0 Å². The van der Waals surface area contributed by atoms with Crippen molar-refractivity contribution in [3.8, 4) is 34.6 Å². The number of unbranched alkanes of at least 4 members (excludes halogenated alkanes) is 2. The Hall–Kier alpha value is -8.29. The van der Waals surface area contributed by atoms with Crippen LogP contribution in [0.5, 0.6) is 0 Å². The summed E-state index contributed by atoms with van der Waals surface area (Å²) in [5.74, 6) is 2.25. The summed E-state index contributed by atoms with van der Waals surface area (Å²) in [6.07, 6.45) is 16.1. The molecule has 0 bridgehead atoms. The number of oxazole rings is 1. The van der Waals surface area contributed by atoms with Crippen molar-refractivity contribution in [3.05, 3.63) is 139 Å². The molecule has 0 aromatic carbocycles. The lowest BCUT2D eigenvalue weighted by atomic mass is 10.1. The second-order valence-corrected chi connectivity index (χ2v) is 16.7. The molecular weight excluding hydrogens is 895 g/mol. The van der Waals surface area contributed by atoms with Crippen molar-refractivity contribution in [1.29, 1.82) is 0 Å². The van der Waals surface area contributed by atoms with Crippen LogP contribution in [0.15, 0.2) is 105 Å². The van der Waals surface area contributed by atoms with Gasteiger partial charge in [-0.1, -0.05) is 44.9 Å². The number of fused-ring (bicyclic) bond motifs is 3. The maximum absolute atomic E-state index is 12.6. The Morgan fingerprint density at radius 3 is 1.27 bits per heavy atom. The Bertz CT molecular complexity index is 2980. The molecule has 0 radical (unpaired) electrons. The van der Waals surface area contributed by atoms with Gasteiger partial charge in [0.1, 0.15) is 40.8 Å².